The largest absolute Gasteiger partial charge is 0.378 e. The fourth-order valence-corrected chi connectivity index (χ4v) is 4.55. The Bertz CT molecular complexity index is 1460. The first-order valence-electron chi connectivity index (χ1n) is 12.6. The third-order valence-corrected chi connectivity index (χ3v) is 6.82. The second-order valence-electron chi connectivity index (χ2n) is 9.91. The molecule has 4 aromatic rings. The molecule has 4 nitrogen and oxygen atoms in total. The molecule has 4 aromatic carbocycles. The molecule has 0 saturated heterocycles. The second-order valence-corrected chi connectivity index (χ2v) is 9.91. The molecule has 0 atom stereocenters. The van der Waals surface area contributed by atoms with Gasteiger partial charge in [-0.05, 0) is 70.8 Å². The maximum atomic E-state index is 13.5. The van der Waals surface area contributed by atoms with Crippen molar-refractivity contribution < 1.29 is 9.59 Å². The van der Waals surface area contributed by atoms with E-state index in [1.807, 2.05) is 76.8 Å². The molecule has 0 N–H and O–H groups in total. The van der Waals surface area contributed by atoms with E-state index in [9.17, 15) is 9.59 Å². The van der Waals surface area contributed by atoms with Crippen LogP contribution in [0.3, 0.4) is 0 Å². The first kappa shape index (κ1) is 25.0. The highest BCUT2D eigenvalue weighted by atomic mass is 16.1. The molecule has 1 aliphatic carbocycles. The molecular formula is C34H30N2O2. The van der Waals surface area contributed by atoms with Gasteiger partial charge in [-0.2, -0.15) is 0 Å². The Labute approximate surface area is 224 Å². The highest BCUT2D eigenvalue weighted by Gasteiger charge is 2.29. The number of nitrogens with zero attached hydrogens (tertiary/aromatic N) is 2. The molecule has 0 bridgehead atoms. The summed E-state index contributed by atoms with van der Waals surface area (Å²) in [5, 5.41) is 0. The number of carbonyl (C=O) groups excluding carboxylic acids is 2. The molecule has 0 aliphatic heterocycles. The van der Waals surface area contributed by atoms with Crippen molar-refractivity contribution in [2.75, 3.05) is 38.0 Å². The Balaban J connectivity index is 1.39. The summed E-state index contributed by atoms with van der Waals surface area (Å²) in [7, 11) is 8.05. The quantitative estimate of drug-likeness (QED) is 0.238. The van der Waals surface area contributed by atoms with Crippen LogP contribution in [-0.2, 0) is 0 Å². The maximum Gasteiger partial charge on any atom is 0.194 e. The molecule has 0 amide bonds. The summed E-state index contributed by atoms with van der Waals surface area (Å²) in [6.45, 7) is 0. The van der Waals surface area contributed by atoms with Crippen molar-refractivity contribution in [3.63, 3.8) is 0 Å². The topological polar surface area (TPSA) is 40.6 Å². The number of ketones is 2. The van der Waals surface area contributed by atoms with E-state index in [1.54, 1.807) is 12.1 Å². The lowest BCUT2D eigenvalue weighted by atomic mass is 9.82. The fraction of sp³-hybridized carbons (Fsp3) is 0.118. The highest BCUT2D eigenvalue weighted by Crippen LogP contribution is 2.30. The van der Waals surface area contributed by atoms with E-state index in [-0.39, 0.29) is 11.6 Å². The van der Waals surface area contributed by atoms with Gasteiger partial charge in [0.25, 0.3) is 0 Å². The summed E-state index contributed by atoms with van der Waals surface area (Å²) in [4.78, 5) is 30.8. The molecule has 38 heavy (non-hydrogen) atoms. The van der Waals surface area contributed by atoms with Crippen molar-refractivity contribution in [1.29, 1.82) is 0 Å². The molecule has 188 valence electrons. The highest BCUT2D eigenvalue weighted by molar-refractivity contribution is 6.28. The summed E-state index contributed by atoms with van der Waals surface area (Å²) < 4.78 is 0. The van der Waals surface area contributed by atoms with Crippen molar-refractivity contribution in [3.8, 4) is 0 Å². The van der Waals surface area contributed by atoms with Crippen molar-refractivity contribution >= 4 is 47.2 Å². The first-order valence-corrected chi connectivity index (χ1v) is 12.6. The third kappa shape index (κ3) is 5.07. The molecule has 1 aliphatic rings. The molecule has 0 heterocycles. The number of hydrogen-bond donors (Lipinski definition) is 0. The normalized spacial score (nSPS) is 12.6. The molecule has 0 aromatic heterocycles. The van der Waals surface area contributed by atoms with Gasteiger partial charge in [0, 0.05) is 61.8 Å². The summed E-state index contributed by atoms with van der Waals surface area (Å²) in [6, 6.07) is 27.4. The molecule has 5 rings (SSSR count). The Morgan fingerprint density at radius 1 is 0.421 bits per heavy atom. The maximum absolute atomic E-state index is 13.5. The number of fused-ring (bicyclic) bond motifs is 2. The monoisotopic (exact) mass is 498 g/mol. The molecule has 0 fully saturated rings. The molecule has 4 heteroatoms. The average molecular weight is 499 g/mol. The number of hydrogen-bond acceptors (Lipinski definition) is 4. The van der Waals surface area contributed by atoms with Gasteiger partial charge in [0.2, 0.25) is 0 Å². The van der Waals surface area contributed by atoms with Crippen LogP contribution in [0.5, 0.6) is 0 Å². The van der Waals surface area contributed by atoms with E-state index in [0.29, 0.717) is 22.3 Å². The van der Waals surface area contributed by atoms with Crippen LogP contribution >= 0.6 is 0 Å². The number of benzene rings is 4. The Kier molecular flexibility index (Phi) is 6.80. The molecule has 0 unspecified atom stereocenters. The predicted molar refractivity (Wildman–Crippen MR) is 159 cm³/mol. The zero-order valence-electron chi connectivity index (χ0n) is 22.1. The van der Waals surface area contributed by atoms with Crippen LogP contribution in [0.15, 0.2) is 84.9 Å². The zero-order valence-corrected chi connectivity index (χ0v) is 22.1. The lowest BCUT2D eigenvalue weighted by Crippen LogP contribution is -2.21. The van der Waals surface area contributed by atoms with Crippen molar-refractivity contribution in [2.24, 2.45) is 0 Å². The van der Waals surface area contributed by atoms with Gasteiger partial charge in [0.05, 0.1) is 0 Å². The molecule has 0 saturated carbocycles. The van der Waals surface area contributed by atoms with Gasteiger partial charge in [-0.25, -0.2) is 0 Å². The van der Waals surface area contributed by atoms with Crippen molar-refractivity contribution in [1.82, 2.24) is 0 Å². The molecular weight excluding hydrogens is 468 g/mol. The molecule has 0 spiro atoms. The Morgan fingerprint density at radius 3 is 1.11 bits per heavy atom. The minimum atomic E-state index is -0.120. The van der Waals surface area contributed by atoms with Crippen molar-refractivity contribution in [2.45, 2.75) is 0 Å². The van der Waals surface area contributed by atoms with E-state index in [0.717, 1.165) is 33.6 Å². The number of anilines is 2. The van der Waals surface area contributed by atoms with Crippen LogP contribution in [0.2, 0.25) is 0 Å². The summed E-state index contributed by atoms with van der Waals surface area (Å²) in [6.07, 6.45) is 7.97. The van der Waals surface area contributed by atoms with E-state index in [1.165, 1.54) is 0 Å². The standard InChI is InChI=1S/C34H30N2O2/c1-35(2)27-15-9-23(10-16-27)5-7-25-13-19-29-31(21-25)34(38)32-22-26(14-20-30(32)33(29)37)8-6-24-11-17-28(18-12-24)36(3)4/h5-22H,1-4H3/b7-5+,8-6+. The predicted octanol–water partition coefficient (Wildman–Crippen LogP) is 6.93. The summed E-state index contributed by atoms with van der Waals surface area (Å²) >= 11 is 0. The minimum absolute atomic E-state index is 0.112. The average Bonchev–Trinajstić information content (AvgIpc) is 2.94. The molecule has 0 radical (unpaired) electrons. The summed E-state index contributed by atoms with van der Waals surface area (Å²) in [5.74, 6) is -0.232. The fourth-order valence-electron chi connectivity index (χ4n) is 4.55. The van der Waals surface area contributed by atoms with Gasteiger partial charge in [-0.3, -0.25) is 9.59 Å². The summed E-state index contributed by atoms with van der Waals surface area (Å²) in [5.41, 5.74) is 7.97. The van der Waals surface area contributed by atoms with Gasteiger partial charge < -0.3 is 9.80 Å². The van der Waals surface area contributed by atoms with Gasteiger partial charge in [0.1, 0.15) is 0 Å². The van der Waals surface area contributed by atoms with Gasteiger partial charge in [0.15, 0.2) is 11.6 Å². The van der Waals surface area contributed by atoms with Crippen LogP contribution < -0.4 is 9.80 Å². The smallest absolute Gasteiger partial charge is 0.194 e. The van der Waals surface area contributed by atoms with E-state index < -0.39 is 0 Å². The minimum Gasteiger partial charge on any atom is -0.378 e. The second kappa shape index (κ2) is 10.3. The van der Waals surface area contributed by atoms with Crippen molar-refractivity contribution in [3.05, 3.63) is 129 Å². The van der Waals surface area contributed by atoms with Gasteiger partial charge in [-0.1, -0.05) is 60.7 Å². The lowest BCUT2D eigenvalue weighted by Gasteiger charge is -2.18. The van der Waals surface area contributed by atoms with E-state index in [2.05, 4.69) is 58.3 Å². The first-order chi connectivity index (χ1) is 18.3. The SMILES string of the molecule is CN(C)c1ccc(/C=C/c2ccc3c(c2)C(=O)c2cc(/C=C/c4ccc(N(C)C)cc4)ccc2C3=O)cc1. The van der Waals surface area contributed by atoms with Crippen LogP contribution in [0.1, 0.15) is 54.1 Å². The zero-order chi connectivity index (χ0) is 26.8. The lowest BCUT2D eigenvalue weighted by molar-refractivity contribution is 0.0979. The van der Waals surface area contributed by atoms with Crippen LogP contribution in [0, 0.1) is 0 Å². The van der Waals surface area contributed by atoms with Crippen LogP contribution in [0.4, 0.5) is 11.4 Å². The van der Waals surface area contributed by atoms with Crippen LogP contribution in [-0.4, -0.2) is 39.8 Å². The van der Waals surface area contributed by atoms with Gasteiger partial charge in [-0.15, -0.1) is 0 Å². The van der Waals surface area contributed by atoms with Gasteiger partial charge >= 0.3 is 0 Å². The van der Waals surface area contributed by atoms with E-state index >= 15 is 0 Å². The Hall–Kier alpha value is -4.70. The Morgan fingerprint density at radius 2 is 0.737 bits per heavy atom. The number of carbonyl (C=O) groups is 2. The van der Waals surface area contributed by atoms with E-state index in [4.69, 9.17) is 0 Å². The number of rotatable bonds is 6. The van der Waals surface area contributed by atoms with Crippen LogP contribution in [0.25, 0.3) is 24.3 Å². The third-order valence-electron chi connectivity index (χ3n) is 6.82.